The fraction of sp³-hybridized carbons (Fsp3) is 0.186. The minimum atomic E-state index is -4.09. The van der Waals surface area contributed by atoms with Crippen LogP contribution in [0.3, 0.4) is 0 Å². The molecule has 1 aromatic heterocycles. The first-order valence-electron chi connectivity index (χ1n) is 17.1. The van der Waals surface area contributed by atoms with Crippen LogP contribution in [0.25, 0.3) is 34.0 Å². The van der Waals surface area contributed by atoms with Crippen LogP contribution < -0.4 is 9.30 Å². The molecule has 9 heteroatoms. The number of ether oxygens (including phenoxy) is 2. The lowest BCUT2D eigenvalue weighted by Gasteiger charge is -2.15. The molecule has 264 valence electrons. The van der Waals surface area contributed by atoms with Gasteiger partial charge in [0.2, 0.25) is 11.0 Å². The summed E-state index contributed by atoms with van der Waals surface area (Å²) in [4.78, 5) is 27.2. The average Bonchev–Trinajstić information content (AvgIpc) is 3.13. The highest BCUT2D eigenvalue weighted by Gasteiger charge is 2.27. The van der Waals surface area contributed by atoms with Crippen molar-refractivity contribution in [3.63, 3.8) is 0 Å². The van der Waals surface area contributed by atoms with Crippen molar-refractivity contribution < 1.29 is 36.6 Å². The Morgan fingerprint density at radius 3 is 2.06 bits per heavy atom. The lowest BCUT2D eigenvalue weighted by Crippen LogP contribution is -2.37. The Kier molecular flexibility index (Phi) is 10.9. The highest BCUT2D eigenvalue weighted by molar-refractivity contribution is 7.85. The molecular weight excluding hydrogens is 675 g/mol. The van der Waals surface area contributed by atoms with Crippen LogP contribution in [0.15, 0.2) is 109 Å². The number of aryl methyl sites for hydroxylation is 4. The number of hydrogen-bond acceptors (Lipinski definition) is 6. The predicted molar refractivity (Wildman–Crippen MR) is 204 cm³/mol. The van der Waals surface area contributed by atoms with Crippen LogP contribution in [-0.2, 0) is 28.0 Å². The zero-order valence-electron chi connectivity index (χ0n) is 29.3. The van der Waals surface area contributed by atoms with Gasteiger partial charge >= 0.3 is 11.9 Å². The summed E-state index contributed by atoms with van der Waals surface area (Å²) in [5, 5.41) is 1.34. The molecule has 0 spiro atoms. The zero-order valence-corrected chi connectivity index (χ0v) is 30.2. The van der Waals surface area contributed by atoms with E-state index in [4.69, 9.17) is 9.47 Å². The number of unbranched alkanes of at least 4 members (excludes halogenated alkanes) is 1. The maximum atomic E-state index is 14.3. The van der Waals surface area contributed by atoms with E-state index in [9.17, 15) is 22.6 Å². The first-order valence-corrected chi connectivity index (χ1v) is 18.7. The molecule has 8 nitrogen and oxygen atoms in total. The number of nitrogens with zero attached hydrogens (tertiary/aromatic N) is 1. The SMILES string of the molecule is Cc1ccc(/C=C/c2ccc3c(C(=O)Oc4c(C)cc(C(=O)OCc5ccccc5)cc4C)c4ccccc4[n+](CCCCS(=O)(=O)O)c3c2)cc1. The second-order valence-electron chi connectivity index (χ2n) is 12.9. The average molecular weight is 715 g/mol. The van der Waals surface area contributed by atoms with Gasteiger partial charge in [-0.2, -0.15) is 13.0 Å². The first kappa shape index (κ1) is 36.2. The Hall–Kier alpha value is -5.64. The smallest absolute Gasteiger partial charge is 0.345 e. The Bertz CT molecular complexity index is 2400. The second kappa shape index (κ2) is 15.7. The number of aromatic nitrogens is 1. The molecule has 0 bridgehead atoms. The van der Waals surface area contributed by atoms with E-state index in [1.165, 1.54) is 5.56 Å². The minimum absolute atomic E-state index is 0.145. The molecule has 0 aliphatic carbocycles. The summed E-state index contributed by atoms with van der Waals surface area (Å²) in [5.74, 6) is -0.989. The molecule has 6 rings (SSSR count). The molecule has 0 fully saturated rings. The molecule has 0 atom stereocenters. The number of hydrogen-bond donors (Lipinski definition) is 1. The molecule has 0 aliphatic rings. The fourth-order valence-electron chi connectivity index (χ4n) is 6.35. The van der Waals surface area contributed by atoms with Crippen molar-refractivity contribution >= 4 is 56.0 Å². The van der Waals surface area contributed by atoms with Gasteiger partial charge in [0.05, 0.1) is 27.7 Å². The highest BCUT2D eigenvalue weighted by atomic mass is 32.2. The first-order chi connectivity index (χ1) is 25.0. The van der Waals surface area contributed by atoms with E-state index in [0.717, 1.165) is 27.7 Å². The fourth-order valence-corrected chi connectivity index (χ4v) is 6.92. The van der Waals surface area contributed by atoms with E-state index < -0.39 is 22.1 Å². The number of para-hydroxylation sites is 1. The summed E-state index contributed by atoms with van der Waals surface area (Å²) < 4.78 is 46.0. The summed E-state index contributed by atoms with van der Waals surface area (Å²) in [6.07, 6.45) is 4.79. The molecule has 6 aromatic rings. The standard InChI is InChI=1S/C43H39NO7S/c1-29-15-17-32(18-16-29)19-20-33-21-22-37-39(27-33)44(23-9-10-24-52(47,48)49)38-14-8-7-13-36(38)40(37)43(46)51-41-30(2)25-35(26-31(41)3)42(45)50-28-34-11-5-4-6-12-34/h4-8,11-22,25-27H,9-10,23-24,28H2,1-3H3/p+1/b20-19+. The molecule has 1 heterocycles. The van der Waals surface area contributed by atoms with Gasteiger partial charge in [-0.15, -0.1) is 0 Å². The number of pyridine rings is 1. The number of esters is 2. The van der Waals surface area contributed by atoms with Crippen LogP contribution in [0.4, 0.5) is 0 Å². The molecule has 5 aromatic carbocycles. The van der Waals surface area contributed by atoms with Crippen molar-refractivity contribution in [2.45, 2.75) is 46.8 Å². The predicted octanol–water partition coefficient (Wildman–Crippen LogP) is 8.62. The number of benzene rings is 5. The Morgan fingerprint density at radius 1 is 0.712 bits per heavy atom. The van der Waals surface area contributed by atoms with Crippen LogP contribution >= 0.6 is 0 Å². The van der Waals surface area contributed by atoms with Crippen LogP contribution in [0.2, 0.25) is 0 Å². The molecule has 1 N–H and O–H groups in total. The van der Waals surface area contributed by atoms with E-state index in [0.29, 0.717) is 51.7 Å². The maximum absolute atomic E-state index is 14.3. The highest BCUT2D eigenvalue weighted by Crippen LogP contribution is 2.31. The Morgan fingerprint density at radius 2 is 1.35 bits per heavy atom. The third-order valence-electron chi connectivity index (χ3n) is 8.93. The van der Waals surface area contributed by atoms with E-state index in [1.807, 2.05) is 104 Å². The van der Waals surface area contributed by atoms with E-state index in [-0.39, 0.29) is 18.8 Å². The molecule has 0 saturated heterocycles. The van der Waals surface area contributed by atoms with Gasteiger partial charge in [-0.25, -0.2) is 9.59 Å². The summed E-state index contributed by atoms with van der Waals surface area (Å²) in [6.45, 7) is 6.22. The second-order valence-corrected chi connectivity index (χ2v) is 14.5. The van der Waals surface area contributed by atoms with Crippen LogP contribution in [0.1, 0.15) is 66.9 Å². The number of carbonyl (C=O) groups is 2. The van der Waals surface area contributed by atoms with Crippen LogP contribution in [0.5, 0.6) is 5.75 Å². The third kappa shape index (κ3) is 8.62. The summed E-state index contributed by atoms with van der Waals surface area (Å²) in [7, 11) is -4.09. The van der Waals surface area contributed by atoms with Crippen molar-refractivity contribution in [2.75, 3.05) is 5.75 Å². The molecule has 0 aliphatic heterocycles. The molecule has 0 amide bonds. The van der Waals surface area contributed by atoms with Crippen molar-refractivity contribution in [1.29, 1.82) is 0 Å². The Balaban J connectivity index is 1.37. The molecular formula is C43H40NO7S+. The lowest BCUT2D eigenvalue weighted by atomic mass is 9.99. The van der Waals surface area contributed by atoms with Crippen LogP contribution in [0, 0.1) is 20.8 Å². The molecule has 0 saturated carbocycles. The van der Waals surface area contributed by atoms with E-state index >= 15 is 0 Å². The van der Waals surface area contributed by atoms with Gasteiger partial charge in [0.25, 0.3) is 10.1 Å². The number of carbonyl (C=O) groups excluding carboxylic acids is 2. The van der Waals surface area contributed by atoms with E-state index in [1.54, 1.807) is 26.0 Å². The number of rotatable bonds is 12. The summed E-state index contributed by atoms with van der Waals surface area (Å²) >= 11 is 0. The van der Waals surface area contributed by atoms with Gasteiger partial charge in [0, 0.05) is 18.6 Å². The largest absolute Gasteiger partial charge is 0.457 e. The molecule has 52 heavy (non-hydrogen) atoms. The van der Waals surface area contributed by atoms with Gasteiger partial charge < -0.3 is 9.47 Å². The summed E-state index contributed by atoms with van der Waals surface area (Å²) in [5.41, 5.74) is 7.54. The molecule has 0 unspecified atom stereocenters. The minimum Gasteiger partial charge on any atom is -0.457 e. The van der Waals surface area contributed by atoms with Gasteiger partial charge in [-0.3, -0.25) is 4.55 Å². The number of fused-ring (bicyclic) bond motifs is 2. The van der Waals surface area contributed by atoms with Crippen molar-refractivity contribution in [3.8, 4) is 5.75 Å². The van der Waals surface area contributed by atoms with Gasteiger partial charge in [0.15, 0.2) is 0 Å². The van der Waals surface area contributed by atoms with Crippen molar-refractivity contribution in [2.24, 2.45) is 0 Å². The van der Waals surface area contributed by atoms with Gasteiger partial charge in [-0.1, -0.05) is 90.5 Å². The monoisotopic (exact) mass is 714 g/mol. The van der Waals surface area contributed by atoms with Crippen molar-refractivity contribution in [3.05, 3.63) is 154 Å². The molecule has 0 radical (unpaired) electrons. The van der Waals surface area contributed by atoms with Crippen LogP contribution in [-0.4, -0.2) is 30.7 Å². The summed E-state index contributed by atoms with van der Waals surface area (Å²) in [6, 6.07) is 34.4. The maximum Gasteiger partial charge on any atom is 0.345 e. The van der Waals surface area contributed by atoms with Crippen molar-refractivity contribution in [1.82, 2.24) is 0 Å². The van der Waals surface area contributed by atoms with Gasteiger partial charge in [0.1, 0.15) is 18.9 Å². The topological polar surface area (TPSA) is 111 Å². The third-order valence-corrected chi connectivity index (χ3v) is 9.74. The zero-order chi connectivity index (χ0) is 36.8. The van der Waals surface area contributed by atoms with E-state index in [2.05, 4.69) is 16.7 Å². The lowest BCUT2D eigenvalue weighted by molar-refractivity contribution is -0.645. The normalized spacial score (nSPS) is 11.7. The Labute approximate surface area is 303 Å². The quantitative estimate of drug-likeness (QED) is 0.0257. The van der Waals surface area contributed by atoms with Gasteiger partial charge in [-0.05, 0) is 79.3 Å².